The predicted molar refractivity (Wildman–Crippen MR) is 166 cm³/mol. The maximum atomic E-state index is 14.1. The molecule has 4 aromatic rings. The summed E-state index contributed by atoms with van der Waals surface area (Å²) in [5.41, 5.74) is 3.26. The molecule has 0 saturated carbocycles. The first-order valence-corrected chi connectivity index (χ1v) is 16.7. The second kappa shape index (κ2) is 13.4. The van der Waals surface area contributed by atoms with Crippen molar-refractivity contribution < 1.29 is 27.8 Å². The number of aromatic nitrogens is 2. The van der Waals surface area contributed by atoms with Gasteiger partial charge in [0.05, 0.1) is 28.7 Å². The number of anilines is 2. The van der Waals surface area contributed by atoms with Crippen LogP contribution in [0.1, 0.15) is 38.7 Å². The average Bonchev–Trinajstić information content (AvgIpc) is 3.67. The van der Waals surface area contributed by atoms with Crippen LogP contribution >= 0.6 is 11.3 Å². The Morgan fingerprint density at radius 3 is 2.49 bits per heavy atom. The van der Waals surface area contributed by atoms with Gasteiger partial charge in [-0.25, -0.2) is 13.2 Å². The van der Waals surface area contributed by atoms with E-state index in [0.717, 1.165) is 54.2 Å². The van der Waals surface area contributed by atoms with Crippen LogP contribution in [0.15, 0.2) is 69.6 Å². The number of benzene rings is 2. The molecular formula is C30H37N5O6S2. The molecule has 5 rings (SSSR count). The molecule has 43 heavy (non-hydrogen) atoms. The van der Waals surface area contributed by atoms with Crippen molar-refractivity contribution >= 4 is 49.6 Å². The lowest BCUT2D eigenvalue weighted by atomic mass is 9.99. The normalized spacial score (nSPS) is 15.7. The second-order valence-corrected chi connectivity index (χ2v) is 14.0. The van der Waals surface area contributed by atoms with Crippen LogP contribution in [-0.2, 0) is 16.4 Å². The SMILES string of the molecule is CC(C)CN(CC(O)C(Cc1ccccc1)N(C(=O)O)c1cncs1)S(=O)(=O)c1ccc2nc(N3CCCCC3)oc2c1. The van der Waals surface area contributed by atoms with E-state index in [1.807, 2.05) is 44.2 Å². The Bertz CT molecular complexity index is 1600. The molecule has 1 saturated heterocycles. The van der Waals surface area contributed by atoms with E-state index in [0.29, 0.717) is 22.1 Å². The first kappa shape index (κ1) is 30.9. The fraction of sp³-hybridized carbons (Fsp3) is 0.433. The van der Waals surface area contributed by atoms with Crippen molar-refractivity contribution in [2.24, 2.45) is 5.92 Å². The zero-order chi connectivity index (χ0) is 30.6. The van der Waals surface area contributed by atoms with Crippen LogP contribution in [0.3, 0.4) is 0 Å². The van der Waals surface area contributed by atoms with Crippen LogP contribution in [0.2, 0.25) is 0 Å². The third-order valence-electron chi connectivity index (χ3n) is 7.50. The van der Waals surface area contributed by atoms with Gasteiger partial charge in [0.25, 0.3) is 6.01 Å². The van der Waals surface area contributed by atoms with E-state index in [2.05, 4.69) is 14.9 Å². The Morgan fingerprint density at radius 1 is 1.09 bits per heavy atom. The van der Waals surface area contributed by atoms with E-state index in [1.54, 1.807) is 6.07 Å². The van der Waals surface area contributed by atoms with E-state index < -0.39 is 28.3 Å². The van der Waals surface area contributed by atoms with Crippen LogP contribution in [0.5, 0.6) is 0 Å². The van der Waals surface area contributed by atoms with Crippen molar-refractivity contribution in [2.45, 2.75) is 56.6 Å². The quantitative estimate of drug-likeness (QED) is 0.220. The first-order valence-electron chi connectivity index (χ1n) is 14.4. The molecule has 13 heteroatoms. The lowest BCUT2D eigenvalue weighted by molar-refractivity contribution is 0.109. The molecule has 2 aromatic carbocycles. The van der Waals surface area contributed by atoms with Gasteiger partial charge in [-0.3, -0.25) is 9.88 Å². The lowest BCUT2D eigenvalue weighted by Gasteiger charge is -2.35. The third-order valence-corrected chi connectivity index (χ3v) is 10.1. The lowest BCUT2D eigenvalue weighted by Crippen LogP contribution is -2.53. The number of hydrogen-bond acceptors (Lipinski definition) is 9. The molecule has 1 aliphatic heterocycles. The number of oxazole rings is 1. The second-order valence-electron chi connectivity index (χ2n) is 11.2. The largest absolute Gasteiger partial charge is 0.465 e. The maximum Gasteiger partial charge on any atom is 0.412 e. The van der Waals surface area contributed by atoms with Gasteiger partial charge in [-0.1, -0.05) is 44.2 Å². The average molecular weight is 628 g/mol. The number of hydrogen-bond donors (Lipinski definition) is 2. The summed E-state index contributed by atoms with van der Waals surface area (Å²) in [6.45, 7) is 5.28. The Kier molecular flexibility index (Phi) is 9.65. The van der Waals surface area contributed by atoms with Gasteiger partial charge in [-0.15, -0.1) is 11.3 Å². The molecule has 2 unspecified atom stereocenters. The molecule has 2 aromatic heterocycles. The number of aliphatic hydroxyl groups excluding tert-OH is 1. The number of sulfonamides is 1. The van der Waals surface area contributed by atoms with E-state index in [1.165, 1.54) is 28.1 Å². The molecule has 1 fully saturated rings. The molecule has 0 radical (unpaired) electrons. The minimum absolute atomic E-state index is 0.0198. The summed E-state index contributed by atoms with van der Waals surface area (Å²) in [7, 11) is -4.11. The number of rotatable bonds is 12. The number of aliphatic hydroxyl groups is 1. The summed E-state index contributed by atoms with van der Waals surface area (Å²) in [6.07, 6.45) is 2.25. The molecule has 11 nitrogen and oxygen atoms in total. The molecule has 2 atom stereocenters. The fourth-order valence-electron chi connectivity index (χ4n) is 5.41. The van der Waals surface area contributed by atoms with Crippen molar-refractivity contribution in [1.29, 1.82) is 0 Å². The van der Waals surface area contributed by atoms with Gasteiger partial charge in [0.1, 0.15) is 10.5 Å². The summed E-state index contributed by atoms with van der Waals surface area (Å²) in [4.78, 5) is 24.3. The minimum atomic E-state index is -4.11. The molecule has 0 aliphatic carbocycles. The Hall–Kier alpha value is -3.52. The molecule has 3 heterocycles. The summed E-state index contributed by atoms with van der Waals surface area (Å²) >= 11 is 1.13. The maximum absolute atomic E-state index is 14.1. The van der Waals surface area contributed by atoms with Crippen molar-refractivity contribution in [3.8, 4) is 0 Å². The number of amides is 1. The molecule has 1 aliphatic rings. The third kappa shape index (κ3) is 7.18. The van der Waals surface area contributed by atoms with Crippen LogP contribution in [0, 0.1) is 5.92 Å². The zero-order valence-electron chi connectivity index (χ0n) is 24.2. The highest BCUT2D eigenvalue weighted by molar-refractivity contribution is 7.89. The monoisotopic (exact) mass is 627 g/mol. The molecule has 2 N–H and O–H groups in total. The zero-order valence-corrected chi connectivity index (χ0v) is 25.9. The minimum Gasteiger partial charge on any atom is -0.465 e. The summed E-state index contributed by atoms with van der Waals surface area (Å²) in [5, 5.41) is 22.2. The van der Waals surface area contributed by atoms with E-state index in [-0.39, 0.29) is 30.3 Å². The predicted octanol–water partition coefficient (Wildman–Crippen LogP) is 5.08. The molecule has 1 amide bonds. The summed E-state index contributed by atoms with van der Waals surface area (Å²) < 4.78 is 35.4. The van der Waals surface area contributed by atoms with Crippen molar-refractivity contribution in [3.05, 3.63) is 65.8 Å². The highest BCUT2D eigenvalue weighted by Gasteiger charge is 2.36. The van der Waals surface area contributed by atoms with Crippen LogP contribution in [-0.4, -0.2) is 77.3 Å². The van der Waals surface area contributed by atoms with Crippen molar-refractivity contribution in [1.82, 2.24) is 14.3 Å². The topological polar surface area (TPSA) is 140 Å². The van der Waals surface area contributed by atoms with E-state index >= 15 is 0 Å². The number of carbonyl (C=O) groups is 1. The summed E-state index contributed by atoms with van der Waals surface area (Å²) in [5.74, 6) is -0.0636. The van der Waals surface area contributed by atoms with Crippen LogP contribution < -0.4 is 9.80 Å². The number of carboxylic acid groups (broad SMARTS) is 1. The van der Waals surface area contributed by atoms with Gasteiger partial charge in [0.15, 0.2) is 5.58 Å². The molecule has 230 valence electrons. The molecular weight excluding hydrogens is 590 g/mol. The van der Waals surface area contributed by atoms with E-state index in [9.17, 15) is 23.4 Å². The van der Waals surface area contributed by atoms with Gasteiger partial charge in [0, 0.05) is 32.2 Å². The number of fused-ring (bicyclic) bond motifs is 1. The van der Waals surface area contributed by atoms with Crippen molar-refractivity contribution in [2.75, 3.05) is 36.0 Å². The summed E-state index contributed by atoms with van der Waals surface area (Å²) in [6, 6.07) is 13.3. The number of nitrogens with zero attached hydrogens (tertiary/aromatic N) is 5. The van der Waals surface area contributed by atoms with Crippen LogP contribution in [0.25, 0.3) is 11.1 Å². The highest BCUT2D eigenvalue weighted by Crippen LogP contribution is 2.30. The Morgan fingerprint density at radius 2 is 1.84 bits per heavy atom. The molecule has 0 bridgehead atoms. The first-order chi connectivity index (χ1) is 20.6. The Labute approximate surface area is 255 Å². The van der Waals surface area contributed by atoms with Gasteiger partial charge in [0.2, 0.25) is 10.0 Å². The number of piperidine rings is 1. The highest BCUT2D eigenvalue weighted by atomic mass is 32.2. The number of thiazole rings is 1. The molecule has 0 spiro atoms. The van der Waals surface area contributed by atoms with Crippen molar-refractivity contribution in [3.63, 3.8) is 0 Å². The van der Waals surface area contributed by atoms with Gasteiger partial charge in [-0.2, -0.15) is 9.29 Å². The Balaban J connectivity index is 1.45. The standard InChI is InChI=1S/C30H37N5O6S2/c1-21(2)18-34(43(39,40)23-11-12-24-27(16-23)41-29(32-24)33-13-7-4-8-14-33)19-26(36)25(15-22-9-5-3-6-10-22)35(30(37)38)28-17-31-20-42-28/h3,5-6,9-12,16-17,20-21,25-26,36H,4,7-8,13-15,18-19H2,1-2H3,(H,37,38). The van der Waals surface area contributed by atoms with Gasteiger partial charge >= 0.3 is 6.09 Å². The van der Waals surface area contributed by atoms with Crippen LogP contribution in [0.4, 0.5) is 15.8 Å². The smallest absolute Gasteiger partial charge is 0.412 e. The van der Waals surface area contributed by atoms with Gasteiger partial charge in [-0.05, 0) is 49.3 Å². The van der Waals surface area contributed by atoms with E-state index in [4.69, 9.17) is 4.42 Å². The van der Waals surface area contributed by atoms with Gasteiger partial charge < -0.3 is 19.5 Å². The fourth-order valence-corrected chi connectivity index (χ4v) is 7.73.